The molecule has 0 aromatic heterocycles. The average Bonchev–Trinajstić information content (AvgIpc) is 2.40. The van der Waals surface area contributed by atoms with Crippen molar-refractivity contribution in [1.82, 2.24) is 0 Å². The predicted octanol–water partition coefficient (Wildman–Crippen LogP) is 4.85. The summed E-state index contributed by atoms with van der Waals surface area (Å²) in [5, 5.41) is 0. The lowest BCUT2D eigenvalue weighted by molar-refractivity contribution is 1.09. The summed E-state index contributed by atoms with van der Waals surface area (Å²) in [6.07, 6.45) is 3.07. The zero-order chi connectivity index (χ0) is 13.2. The van der Waals surface area contributed by atoms with Gasteiger partial charge in [-0.3, -0.25) is 4.99 Å². The maximum Gasteiger partial charge on any atom is 0.0629 e. The third-order valence-electron chi connectivity index (χ3n) is 1.86. The first kappa shape index (κ1) is 11.6. The van der Waals surface area contributed by atoms with Gasteiger partial charge >= 0.3 is 0 Å². The molecule has 0 N–H and O–H groups in total. The number of aliphatic imine (C=N–C) groups is 1. The van der Waals surface area contributed by atoms with Gasteiger partial charge in [0.2, 0.25) is 0 Å². The number of hydrogen-bond acceptors (Lipinski definition) is 1. The van der Waals surface area contributed by atoms with Crippen LogP contribution in [-0.2, 0) is 0 Å². The molecule has 0 heterocycles. The Morgan fingerprint density at radius 2 is 1.59 bits per heavy atom. The molecule has 88 valence electrons. The molecular weight excluding hydrogens is 206 g/mol. The highest BCUT2D eigenvalue weighted by Gasteiger charge is 1.85. The van der Waals surface area contributed by atoms with Crippen molar-refractivity contribution in [3.8, 4) is 0 Å². The summed E-state index contributed by atoms with van der Waals surface area (Å²) >= 11 is 0. The highest BCUT2D eigenvalue weighted by atomic mass is 14.7. The second kappa shape index (κ2) is 8.28. The highest BCUT2D eigenvalue weighted by Crippen LogP contribution is 2.09. The largest absolute Gasteiger partial charge is 0.256 e. The predicted molar refractivity (Wildman–Crippen MR) is 76.1 cm³/mol. The van der Waals surface area contributed by atoms with E-state index < -0.39 is 0 Å². The summed E-state index contributed by atoms with van der Waals surface area (Å²) in [4.78, 5) is 4.31. The van der Waals surface area contributed by atoms with Gasteiger partial charge in [-0.15, -0.1) is 0 Å². The Labute approximate surface area is 105 Å². The van der Waals surface area contributed by atoms with Crippen LogP contribution in [-0.4, -0.2) is 6.21 Å². The Hall–Kier alpha value is -1.89. The Bertz CT molecular complexity index is 460. The van der Waals surface area contributed by atoms with Crippen molar-refractivity contribution in [3.63, 3.8) is 0 Å². The van der Waals surface area contributed by atoms with Gasteiger partial charge in [-0.05, 0) is 17.7 Å². The summed E-state index contributed by atoms with van der Waals surface area (Å²) in [7, 11) is 0. The van der Waals surface area contributed by atoms with Crippen molar-refractivity contribution in [2.75, 3.05) is 0 Å². The van der Waals surface area contributed by atoms with Gasteiger partial charge in [0.25, 0.3) is 0 Å². The van der Waals surface area contributed by atoms with E-state index in [0.29, 0.717) is 6.04 Å². The average molecular weight is 226 g/mol. The molecule has 1 heteroatoms. The first-order chi connectivity index (χ1) is 8.76. The number of benzene rings is 2. The van der Waals surface area contributed by atoms with Gasteiger partial charge in [-0.1, -0.05) is 68.8 Å². The molecule has 0 amide bonds. The quantitative estimate of drug-likeness (QED) is 0.649. The molecule has 0 aliphatic rings. The van der Waals surface area contributed by atoms with Crippen molar-refractivity contribution in [1.29, 1.82) is 0 Å². The van der Waals surface area contributed by atoms with Gasteiger partial charge in [-0.2, -0.15) is 0 Å². The van der Waals surface area contributed by atoms with Gasteiger partial charge in [0, 0.05) is 6.21 Å². The molecule has 0 fully saturated rings. The Morgan fingerprint density at radius 1 is 1.00 bits per heavy atom. The van der Waals surface area contributed by atoms with Crippen LogP contribution >= 0.6 is 0 Å². The molecule has 0 unspecified atom stereocenters. The molecule has 0 saturated carbocycles. The molecule has 0 radical (unpaired) electrons. The van der Waals surface area contributed by atoms with Gasteiger partial charge in [-0.25, -0.2) is 0 Å². The van der Waals surface area contributed by atoms with Crippen molar-refractivity contribution < 1.29 is 1.37 Å². The molecule has 2 rings (SSSR count). The zero-order valence-corrected chi connectivity index (χ0v) is 10.4. The lowest BCUT2D eigenvalue weighted by Gasteiger charge is -1.92. The topological polar surface area (TPSA) is 12.4 Å². The number of hydrogen-bond donors (Lipinski definition) is 0. The fourth-order valence-corrected chi connectivity index (χ4v) is 1.15. The van der Waals surface area contributed by atoms with Crippen LogP contribution in [0.4, 0.5) is 5.69 Å². The van der Waals surface area contributed by atoms with Gasteiger partial charge in [0.1, 0.15) is 0 Å². The minimum atomic E-state index is 0.508. The molecule has 0 saturated heterocycles. The lowest BCUT2D eigenvalue weighted by atomic mass is 10.2. The van der Waals surface area contributed by atoms with Crippen LogP contribution in [0.2, 0.25) is 0 Å². The Kier molecular flexibility index (Phi) is 5.65. The van der Waals surface area contributed by atoms with Gasteiger partial charge in [0.05, 0.1) is 7.06 Å². The van der Waals surface area contributed by atoms with Crippen molar-refractivity contribution in [3.05, 3.63) is 66.2 Å². The van der Waals surface area contributed by atoms with Crippen molar-refractivity contribution in [2.45, 2.75) is 20.3 Å². The number of nitrogens with zero attached hydrogens (tertiary/aromatic N) is 1. The SMILES string of the molecule is CCC.[2H]c1ccc(N=Cc2ccccc2)cc1. The monoisotopic (exact) mass is 226 g/mol. The maximum atomic E-state index is 7.34. The van der Waals surface area contributed by atoms with E-state index in [9.17, 15) is 0 Å². The summed E-state index contributed by atoms with van der Waals surface area (Å²) < 4.78 is 7.34. The molecule has 0 bridgehead atoms. The number of rotatable bonds is 2. The molecular formula is C16H19N. The van der Waals surface area contributed by atoms with Crippen LogP contribution in [0.5, 0.6) is 0 Å². The summed E-state index contributed by atoms with van der Waals surface area (Å²) in [5.74, 6) is 0. The minimum absolute atomic E-state index is 0.508. The highest BCUT2D eigenvalue weighted by molar-refractivity contribution is 5.81. The van der Waals surface area contributed by atoms with E-state index in [4.69, 9.17) is 1.37 Å². The smallest absolute Gasteiger partial charge is 0.0629 e. The van der Waals surface area contributed by atoms with Crippen LogP contribution < -0.4 is 0 Å². The minimum Gasteiger partial charge on any atom is -0.256 e. The van der Waals surface area contributed by atoms with Gasteiger partial charge < -0.3 is 0 Å². The molecule has 2 aromatic rings. The molecule has 0 atom stereocenters. The van der Waals surface area contributed by atoms with E-state index in [2.05, 4.69) is 18.8 Å². The van der Waals surface area contributed by atoms with E-state index >= 15 is 0 Å². The Morgan fingerprint density at radius 3 is 2.18 bits per heavy atom. The first-order valence-corrected chi connectivity index (χ1v) is 5.92. The summed E-state index contributed by atoms with van der Waals surface area (Å²) in [6.45, 7) is 4.25. The molecule has 17 heavy (non-hydrogen) atoms. The zero-order valence-electron chi connectivity index (χ0n) is 11.4. The fraction of sp³-hybridized carbons (Fsp3) is 0.188. The van der Waals surface area contributed by atoms with E-state index in [1.807, 2.05) is 48.7 Å². The second-order valence-electron chi connectivity index (χ2n) is 3.63. The molecule has 0 aliphatic heterocycles. The first-order valence-electron chi connectivity index (χ1n) is 6.42. The third-order valence-corrected chi connectivity index (χ3v) is 1.86. The maximum absolute atomic E-state index is 7.34. The molecule has 0 aliphatic carbocycles. The van der Waals surface area contributed by atoms with E-state index in [0.717, 1.165) is 11.3 Å². The van der Waals surface area contributed by atoms with Crippen LogP contribution in [0.3, 0.4) is 0 Å². The van der Waals surface area contributed by atoms with E-state index in [1.165, 1.54) is 6.42 Å². The molecule has 0 spiro atoms. The third kappa shape index (κ3) is 5.67. The van der Waals surface area contributed by atoms with Gasteiger partial charge in [0.15, 0.2) is 0 Å². The second-order valence-corrected chi connectivity index (χ2v) is 3.63. The summed E-state index contributed by atoms with van der Waals surface area (Å²) in [6, 6.07) is 17.6. The van der Waals surface area contributed by atoms with Crippen LogP contribution in [0, 0.1) is 0 Å². The van der Waals surface area contributed by atoms with E-state index in [-0.39, 0.29) is 0 Å². The molecule has 1 nitrogen and oxygen atoms in total. The molecule has 2 aromatic carbocycles. The van der Waals surface area contributed by atoms with Crippen LogP contribution in [0.1, 0.15) is 27.2 Å². The van der Waals surface area contributed by atoms with Crippen molar-refractivity contribution >= 4 is 11.9 Å². The van der Waals surface area contributed by atoms with Crippen LogP contribution in [0.25, 0.3) is 0 Å². The van der Waals surface area contributed by atoms with Crippen molar-refractivity contribution in [2.24, 2.45) is 4.99 Å². The summed E-state index contributed by atoms with van der Waals surface area (Å²) in [5.41, 5.74) is 1.95. The standard InChI is InChI=1S/C13H11N.C3H8/c1-3-7-12(8-4-1)11-14-13-9-5-2-6-10-13;1-3-2/h1-11H;3H2,1-2H3/i2D;. The number of para-hydroxylation sites is 1. The Balaban J connectivity index is 0.000000492. The fourth-order valence-electron chi connectivity index (χ4n) is 1.15. The normalized spacial score (nSPS) is 10.6. The lowest BCUT2D eigenvalue weighted by Crippen LogP contribution is -1.77. The van der Waals surface area contributed by atoms with E-state index in [1.54, 1.807) is 12.1 Å². The van der Waals surface area contributed by atoms with Crippen LogP contribution in [0.15, 0.2) is 65.6 Å².